The van der Waals surface area contributed by atoms with Crippen molar-refractivity contribution < 1.29 is 4.79 Å². The van der Waals surface area contributed by atoms with Crippen LogP contribution >= 0.6 is 31.9 Å². The molecule has 0 aliphatic rings. The third-order valence-corrected chi connectivity index (χ3v) is 3.51. The molecule has 2 N–H and O–H groups in total. The molecule has 11 heavy (non-hydrogen) atoms. The summed E-state index contributed by atoms with van der Waals surface area (Å²) < 4.78 is 1.43. The molecule has 0 fully saturated rings. The second-order valence-electron chi connectivity index (χ2n) is 1.99. The molecule has 0 atom stereocenters. The minimum absolute atomic E-state index is 0.589. The molecule has 1 rings (SSSR count). The van der Waals surface area contributed by atoms with Gasteiger partial charge in [0.25, 0.3) is 0 Å². The van der Waals surface area contributed by atoms with Crippen molar-refractivity contribution >= 4 is 43.8 Å². The zero-order valence-corrected chi connectivity index (χ0v) is 8.65. The van der Waals surface area contributed by atoms with Crippen molar-refractivity contribution in [2.75, 3.05) is 5.73 Å². The van der Waals surface area contributed by atoms with Gasteiger partial charge in [0.15, 0.2) is 6.29 Å². The van der Waals surface area contributed by atoms with E-state index in [0.717, 1.165) is 10.8 Å². The Balaban J connectivity index is 3.36. The number of benzene rings is 1. The summed E-state index contributed by atoms with van der Waals surface area (Å²) in [6.45, 7) is 0. The number of nitrogen functional groups attached to an aromatic ring is 1. The van der Waals surface area contributed by atoms with E-state index in [2.05, 4.69) is 31.9 Å². The van der Waals surface area contributed by atoms with Gasteiger partial charge in [-0.3, -0.25) is 4.79 Å². The van der Waals surface area contributed by atoms with Gasteiger partial charge in [-0.15, -0.1) is 0 Å². The van der Waals surface area contributed by atoms with Crippen molar-refractivity contribution in [1.82, 2.24) is 0 Å². The SMILES string of the molecule is Nc1ccc(C=O)c(Br)c1Br. The lowest BCUT2D eigenvalue weighted by Gasteiger charge is -2.01. The van der Waals surface area contributed by atoms with Crippen LogP contribution in [0.15, 0.2) is 21.1 Å². The molecule has 0 saturated heterocycles. The minimum atomic E-state index is 0.589. The molecule has 4 heteroatoms. The molecule has 0 saturated carbocycles. The second kappa shape index (κ2) is 3.36. The lowest BCUT2D eigenvalue weighted by Crippen LogP contribution is -1.90. The minimum Gasteiger partial charge on any atom is -0.398 e. The summed E-state index contributed by atoms with van der Waals surface area (Å²) in [5.41, 5.74) is 6.75. The zero-order valence-electron chi connectivity index (χ0n) is 5.47. The first kappa shape index (κ1) is 8.74. The van der Waals surface area contributed by atoms with Gasteiger partial charge in [-0.25, -0.2) is 0 Å². The van der Waals surface area contributed by atoms with Gasteiger partial charge in [0.2, 0.25) is 0 Å². The molecular formula is C7H5Br2NO. The average molecular weight is 279 g/mol. The molecule has 0 unspecified atom stereocenters. The predicted octanol–water partition coefficient (Wildman–Crippen LogP) is 2.61. The fraction of sp³-hybridized carbons (Fsp3) is 0. The van der Waals surface area contributed by atoms with Crippen LogP contribution in [0.5, 0.6) is 0 Å². The lowest BCUT2D eigenvalue weighted by atomic mass is 10.2. The predicted molar refractivity (Wildman–Crippen MR) is 51.6 cm³/mol. The molecule has 0 amide bonds. The van der Waals surface area contributed by atoms with Crippen molar-refractivity contribution in [3.05, 3.63) is 26.6 Å². The van der Waals surface area contributed by atoms with Gasteiger partial charge in [-0.1, -0.05) is 0 Å². The smallest absolute Gasteiger partial charge is 0.151 e. The maximum atomic E-state index is 10.4. The molecule has 0 aromatic heterocycles. The number of aldehydes is 1. The van der Waals surface area contributed by atoms with Crippen LogP contribution in [-0.2, 0) is 0 Å². The first-order valence-electron chi connectivity index (χ1n) is 2.85. The molecule has 0 radical (unpaired) electrons. The topological polar surface area (TPSA) is 43.1 Å². The number of carbonyl (C=O) groups excluding carboxylic acids is 1. The Morgan fingerprint density at radius 2 is 1.91 bits per heavy atom. The van der Waals surface area contributed by atoms with E-state index in [0.29, 0.717) is 15.7 Å². The molecule has 0 bridgehead atoms. The Morgan fingerprint density at radius 3 is 2.45 bits per heavy atom. The molecule has 58 valence electrons. The van der Waals surface area contributed by atoms with Crippen LogP contribution in [0.25, 0.3) is 0 Å². The largest absolute Gasteiger partial charge is 0.398 e. The third kappa shape index (κ3) is 1.62. The monoisotopic (exact) mass is 277 g/mol. The molecule has 1 aromatic rings. The van der Waals surface area contributed by atoms with Crippen molar-refractivity contribution in [3.63, 3.8) is 0 Å². The van der Waals surface area contributed by atoms with Crippen LogP contribution in [-0.4, -0.2) is 6.29 Å². The van der Waals surface area contributed by atoms with Crippen LogP contribution in [0.3, 0.4) is 0 Å². The Kier molecular flexibility index (Phi) is 2.67. The van der Waals surface area contributed by atoms with Crippen molar-refractivity contribution in [3.8, 4) is 0 Å². The van der Waals surface area contributed by atoms with Gasteiger partial charge >= 0.3 is 0 Å². The highest BCUT2D eigenvalue weighted by molar-refractivity contribution is 9.13. The van der Waals surface area contributed by atoms with Gasteiger partial charge < -0.3 is 5.73 Å². The highest BCUT2D eigenvalue weighted by Crippen LogP contribution is 2.30. The first-order valence-corrected chi connectivity index (χ1v) is 4.44. The summed E-state index contributed by atoms with van der Waals surface area (Å²) in [4.78, 5) is 10.4. The Bertz CT molecular complexity index is 299. The van der Waals surface area contributed by atoms with E-state index in [1.165, 1.54) is 0 Å². The zero-order chi connectivity index (χ0) is 8.43. The number of nitrogens with two attached hydrogens (primary N) is 1. The number of carbonyl (C=O) groups is 1. The van der Waals surface area contributed by atoms with E-state index >= 15 is 0 Å². The Morgan fingerprint density at radius 1 is 1.27 bits per heavy atom. The van der Waals surface area contributed by atoms with Gasteiger partial charge in [0.1, 0.15) is 0 Å². The van der Waals surface area contributed by atoms with Crippen LogP contribution in [0.2, 0.25) is 0 Å². The van der Waals surface area contributed by atoms with Gasteiger partial charge in [0.05, 0.1) is 4.47 Å². The summed E-state index contributed by atoms with van der Waals surface area (Å²) in [6, 6.07) is 3.34. The van der Waals surface area contributed by atoms with Crippen molar-refractivity contribution in [1.29, 1.82) is 0 Å². The summed E-state index contributed by atoms with van der Waals surface area (Å²) in [5, 5.41) is 0. The maximum Gasteiger partial charge on any atom is 0.151 e. The summed E-state index contributed by atoms with van der Waals surface area (Å²) >= 11 is 6.47. The molecule has 1 aromatic carbocycles. The quantitative estimate of drug-likeness (QED) is 0.634. The summed E-state index contributed by atoms with van der Waals surface area (Å²) in [5.74, 6) is 0. The lowest BCUT2D eigenvalue weighted by molar-refractivity contribution is 0.112. The first-order chi connectivity index (χ1) is 5.16. The van der Waals surface area contributed by atoms with Gasteiger partial charge in [-0.05, 0) is 44.0 Å². The normalized spacial score (nSPS) is 9.64. The summed E-state index contributed by atoms with van der Waals surface area (Å²) in [7, 11) is 0. The molecular weight excluding hydrogens is 274 g/mol. The highest BCUT2D eigenvalue weighted by Gasteiger charge is 2.04. The molecule has 0 aliphatic carbocycles. The van der Waals surface area contributed by atoms with E-state index in [-0.39, 0.29) is 0 Å². The van der Waals surface area contributed by atoms with E-state index < -0.39 is 0 Å². The molecule has 2 nitrogen and oxygen atoms in total. The highest BCUT2D eigenvalue weighted by atomic mass is 79.9. The molecule has 0 aliphatic heterocycles. The maximum absolute atomic E-state index is 10.4. The van der Waals surface area contributed by atoms with Crippen LogP contribution in [0.1, 0.15) is 10.4 Å². The van der Waals surface area contributed by atoms with Gasteiger partial charge in [0, 0.05) is 15.7 Å². The number of halogens is 2. The van der Waals surface area contributed by atoms with Crippen molar-refractivity contribution in [2.45, 2.75) is 0 Å². The number of hydrogen-bond donors (Lipinski definition) is 1. The van der Waals surface area contributed by atoms with E-state index in [1.807, 2.05) is 0 Å². The average Bonchev–Trinajstić information content (AvgIpc) is 2.01. The van der Waals surface area contributed by atoms with Gasteiger partial charge in [-0.2, -0.15) is 0 Å². The van der Waals surface area contributed by atoms with E-state index in [4.69, 9.17) is 5.73 Å². The van der Waals surface area contributed by atoms with Crippen LogP contribution in [0, 0.1) is 0 Å². The second-order valence-corrected chi connectivity index (χ2v) is 3.58. The summed E-state index contributed by atoms with van der Waals surface area (Å²) in [6.07, 6.45) is 0.772. The Hall–Kier alpha value is -0.350. The van der Waals surface area contributed by atoms with Crippen LogP contribution < -0.4 is 5.73 Å². The fourth-order valence-electron chi connectivity index (χ4n) is 0.670. The van der Waals surface area contributed by atoms with E-state index in [1.54, 1.807) is 12.1 Å². The van der Waals surface area contributed by atoms with Crippen molar-refractivity contribution in [2.24, 2.45) is 0 Å². The fourth-order valence-corrected chi connectivity index (χ4v) is 1.49. The van der Waals surface area contributed by atoms with E-state index in [9.17, 15) is 4.79 Å². The molecule has 0 heterocycles. The molecule has 0 spiro atoms. The Labute approximate surface area is 81.0 Å². The standard InChI is InChI=1S/C7H5Br2NO/c8-6-4(3-11)1-2-5(10)7(6)9/h1-3H,10H2. The third-order valence-electron chi connectivity index (χ3n) is 1.27. The number of anilines is 1. The number of hydrogen-bond acceptors (Lipinski definition) is 2. The van der Waals surface area contributed by atoms with Crippen LogP contribution in [0.4, 0.5) is 5.69 Å². The number of rotatable bonds is 1.